The van der Waals surface area contributed by atoms with Crippen LogP contribution in [0.5, 0.6) is 0 Å². The van der Waals surface area contributed by atoms with Crippen molar-refractivity contribution in [1.82, 2.24) is 9.78 Å². The van der Waals surface area contributed by atoms with E-state index in [9.17, 15) is 4.79 Å². The topological polar surface area (TPSA) is 34.9 Å². The van der Waals surface area contributed by atoms with Crippen molar-refractivity contribution in [1.29, 1.82) is 0 Å². The lowest BCUT2D eigenvalue weighted by Gasteiger charge is -2.08. The van der Waals surface area contributed by atoms with Gasteiger partial charge in [0.1, 0.15) is 0 Å². The molecule has 0 unspecified atom stereocenters. The van der Waals surface area contributed by atoms with Gasteiger partial charge in [-0.1, -0.05) is 30.3 Å². The van der Waals surface area contributed by atoms with E-state index in [1.807, 2.05) is 43.3 Å². The quantitative estimate of drug-likeness (QED) is 0.621. The smallest absolute Gasteiger partial charge is 0.267 e. The molecule has 0 spiro atoms. The van der Waals surface area contributed by atoms with Crippen LogP contribution in [0.3, 0.4) is 0 Å². The van der Waals surface area contributed by atoms with E-state index in [1.165, 1.54) is 0 Å². The molecule has 1 heterocycles. The highest BCUT2D eigenvalue weighted by Gasteiger charge is 2.08. The van der Waals surface area contributed by atoms with Gasteiger partial charge < -0.3 is 0 Å². The third-order valence-corrected chi connectivity index (χ3v) is 3.20. The van der Waals surface area contributed by atoms with Gasteiger partial charge in [-0.2, -0.15) is 5.10 Å². The van der Waals surface area contributed by atoms with E-state index in [-0.39, 0.29) is 5.56 Å². The Morgan fingerprint density at radius 3 is 2.63 bits per heavy atom. The van der Waals surface area contributed by atoms with E-state index in [2.05, 4.69) is 5.10 Å². The molecule has 0 saturated carbocycles. The second kappa shape index (κ2) is 6.53. The van der Waals surface area contributed by atoms with Gasteiger partial charge in [0.05, 0.1) is 11.3 Å². The van der Waals surface area contributed by atoms with Gasteiger partial charge >= 0.3 is 0 Å². The normalized spacial score (nSPS) is 10.6. The third-order valence-electron chi connectivity index (χ3n) is 2.93. The number of benzene rings is 1. The van der Waals surface area contributed by atoms with Gasteiger partial charge in [0.2, 0.25) is 0 Å². The second-order valence-electron chi connectivity index (χ2n) is 4.49. The monoisotopic (exact) mass is 276 g/mol. The van der Waals surface area contributed by atoms with E-state index in [0.717, 1.165) is 24.1 Å². The van der Waals surface area contributed by atoms with E-state index in [4.69, 9.17) is 11.6 Å². The number of aryl methyl sites for hydroxylation is 2. The summed E-state index contributed by atoms with van der Waals surface area (Å²) in [4.78, 5) is 12.4. The Balaban J connectivity index is 2.37. The first-order valence-corrected chi connectivity index (χ1v) is 6.96. The molecule has 0 aliphatic carbocycles. The molecular weight excluding hydrogens is 260 g/mol. The van der Waals surface area contributed by atoms with Gasteiger partial charge in [-0.25, -0.2) is 4.68 Å². The molecule has 0 radical (unpaired) electrons. The summed E-state index contributed by atoms with van der Waals surface area (Å²) in [6, 6.07) is 11.5. The predicted molar refractivity (Wildman–Crippen MR) is 78.6 cm³/mol. The Kier molecular flexibility index (Phi) is 4.74. The fourth-order valence-electron chi connectivity index (χ4n) is 2.01. The molecule has 1 aromatic heterocycles. The number of hydrogen-bond donors (Lipinski definition) is 0. The molecule has 0 N–H and O–H groups in total. The first-order valence-electron chi connectivity index (χ1n) is 6.42. The highest BCUT2D eigenvalue weighted by atomic mass is 35.5. The van der Waals surface area contributed by atoms with Gasteiger partial charge in [-0.05, 0) is 31.4 Å². The first-order chi connectivity index (χ1) is 9.22. The van der Waals surface area contributed by atoms with Crippen LogP contribution in [-0.2, 0) is 6.54 Å². The maximum absolute atomic E-state index is 12.4. The Morgan fingerprint density at radius 1 is 1.21 bits per heavy atom. The predicted octanol–water partition coefficient (Wildman–Crippen LogP) is 3.24. The number of aromatic nitrogens is 2. The number of alkyl halides is 1. The molecule has 0 bridgehead atoms. The van der Waals surface area contributed by atoms with Crippen LogP contribution in [0.1, 0.15) is 18.5 Å². The van der Waals surface area contributed by atoms with Crippen LogP contribution < -0.4 is 5.56 Å². The highest BCUT2D eigenvalue weighted by molar-refractivity contribution is 6.17. The molecule has 0 fully saturated rings. The third kappa shape index (κ3) is 3.44. The fourth-order valence-corrected chi connectivity index (χ4v) is 2.20. The number of nitrogens with zero attached hydrogens (tertiary/aromatic N) is 2. The number of unbranched alkanes of at least 4 members (excludes halogenated alkanes) is 1. The number of halogens is 1. The molecule has 0 aliphatic rings. The molecule has 4 heteroatoms. The Hall–Kier alpha value is -1.61. The van der Waals surface area contributed by atoms with Gasteiger partial charge in [0.25, 0.3) is 5.56 Å². The number of rotatable bonds is 5. The van der Waals surface area contributed by atoms with Crippen molar-refractivity contribution >= 4 is 11.6 Å². The zero-order valence-corrected chi connectivity index (χ0v) is 11.7. The Labute approximate surface area is 117 Å². The average Bonchev–Trinajstić information content (AvgIpc) is 2.43. The second-order valence-corrected chi connectivity index (χ2v) is 4.87. The van der Waals surface area contributed by atoms with E-state index in [0.29, 0.717) is 18.0 Å². The van der Waals surface area contributed by atoms with Crippen LogP contribution in [0.4, 0.5) is 0 Å². The average molecular weight is 277 g/mol. The molecule has 19 heavy (non-hydrogen) atoms. The summed E-state index contributed by atoms with van der Waals surface area (Å²) >= 11 is 5.66. The molecule has 2 aromatic rings. The van der Waals surface area contributed by atoms with E-state index in [1.54, 1.807) is 4.68 Å². The molecule has 1 aromatic carbocycles. The van der Waals surface area contributed by atoms with Crippen molar-refractivity contribution in [3.63, 3.8) is 0 Å². The lowest BCUT2D eigenvalue weighted by atomic mass is 10.1. The van der Waals surface area contributed by atoms with Crippen molar-refractivity contribution in [2.45, 2.75) is 26.3 Å². The Morgan fingerprint density at radius 2 is 1.95 bits per heavy atom. The zero-order chi connectivity index (χ0) is 13.7. The summed E-state index contributed by atoms with van der Waals surface area (Å²) in [6.07, 6.45) is 1.76. The summed E-state index contributed by atoms with van der Waals surface area (Å²) in [5.74, 6) is 0.617. The van der Waals surface area contributed by atoms with E-state index < -0.39 is 0 Å². The van der Waals surface area contributed by atoms with Crippen LogP contribution >= 0.6 is 11.6 Å². The minimum Gasteiger partial charge on any atom is -0.267 e. The minimum absolute atomic E-state index is 0.0358. The van der Waals surface area contributed by atoms with Gasteiger partial charge in [0.15, 0.2) is 0 Å². The SMILES string of the molecule is Cc1cc(-c2ccccc2)c(=O)n(CCCCCl)n1. The molecule has 0 aliphatic heterocycles. The van der Waals surface area contributed by atoms with Crippen molar-refractivity contribution in [2.24, 2.45) is 0 Å². The molecule has 2 rings (SSSR count). The summed E-state index contributed by atoms with van der Waals surface area (Å²) < 4.78 is 1.55. The minimum atomic E-state index is -0.0358. The van der Waals surface area contributed by atoms with Crippen LogP contribution in [0.2, 0.25) is 0 Å². The van der Waals surface area contributed by atoms with Gasteiger partial charge in [-0.3, -0.25) is 4.79 Å². The van der Waals surface area contributed by atoms with Crippen LogP contribution in [-0.4, -0.2) is 15.7 Å². The molecule has 100 valence electrons. The Bertz CT molecular complexity index is 593. The van der Waals surface area contributed by atoms with Crippen molar-refractivity contribution < 1.29 is 0 Å². The maximum atomic E-state index is 12.4. The molecule has 3 nitrogen and oxygen atoms in total. The van der Waals surface area contributed by atoms with Gasteiger partial charge in [-0.15, -0.1) is 11.6 Å². The summed E-state index contributed by atoms with van der Waals surface area (Å²) in [7, 11) is 0. The highest BCUT2D eigenvalue weighted by Crippen LogP contribution is 2.14. The van der Waals surface area contributed by atoms with Crippen LogP contribution in [0, 0.1) is 6.92 Å². The van der Waals surface area contributed by atoms with Crippen LogP contribution in [0.25, 0.3) is 11.1 Å². The summed E-state index contributed by atoms with van der Waals surface area (Å²) in [5, 5.41) is 4.29. The molecule has 0 amide bonds. The van der Waals surface area contributed by atoms with Crippen molar-refractivity contribution in [3.8, 4) is 11.1 Å². The number of hydrogen-bond acceptors (Lipinski definition) is 2. The largest absolute Gasteiger partial charge is 0.274 e. The summed E-state index contributed by atoms with van der Waals surface area (Å²) in [6.45, 7) is 2.52. The molecule has 0 atom stereocenters. The zero-order valence-electron chi connectivity index (χ0n) is 11.0. The summed E-state index contributed by atoms with van der Waals surface area (Å²) in [5.41, 5.74) is 2.46. The maximum Gasteiger partial charge on any atom is 0.274 e. The lowest BCUT2D eigenvalue weighted by molar-refractivity contribution is 0.539. The molecule has 0 saturated heterocycles. The van der Waals surface area contributed by atoms with Gasteiger partial charge in [0, 0.05) is 12.4 Å². The van der Waals surface area contributed by atoms with Crippen molar-refractivity contribution in [3.05, 3.63) is 52.4 Å². The van der Waals surface area contributed by atoms with E-state index >= 15 is 0 Å². The fraction of sp³-hybridized carbons (Fsp3) is 0.333. The van der Waals surface area contributed by atoms with Crippen LogP contribution in [0.15, 0.2) is 41.2 Å². The lowest BCUT2D eigenvalue weighted by Crippen LogP contribution is -2.25. The molecular formula is C15H17ClN2O. The first kappa shape index (κ1) is 13.8. The van der Waals surface area contributed by atoms with Crippen molar-refractivity contribution in [2.75, 3.05) is 5.88 Å². The standard InChI is InChI=1S/C15H17ClN2O/c1-12-11-14(13-7-3-2-4-8-13)15(19)18(17-12)10-6-5-9-16/h2-4,7-8,11H,5-6,9-10H2,1H3.